The Morgan fingerprint density at radius 1 is 1.30 bits per heavy atom. The van der Waals surface area contributed by atoms with Crippen molar-refractivity contribution in [2.75, 3.05) is 11.9 Å². The molecule has 160 valence electrons. The fourth-order valence-corrected chi connectivity index (χ4v) is 3.09. The average molecular weight is 449 g/mol. The number of nitrogens with two attached hydrogens (primary N) is 1. The van der Waals surface area contributed by atoms with Gasteiger partial charge >= 0.3 is 12.0 Å². The maximum atomic E-state index is 15.1. The number of hydrogen-bond donors (Lipinski definition) is 2. The highest BCUT2D eigenvalue weighted by Gasteiger charge is 2.71. The minimum Gasteiger partial charge on any atom is -0.385 e. The Morgan fingerprint density at radius 2 is 2.00 bits per heavy atom. The summed E-state index contributed by atoms with van der Waals surface area (Å²) in [6.07, 6.45) is -4.34. The zero-order chi connectivity index (χ0) is 22.3. The predicted octanol–water partition coefficient (Wildman–Crippen LogP) is 3.96. The molecule has 3 rings (SSSR count). The molecule has 0 saturated heterocycles. The van der Waals surface area contributed by atoms with Crippen LogP contribution < -0.4 is 11.1 Å². The van der Waals surface area contributed by atoms with E-state index >= 15 is 4.39 Å². The van der Waals surface area contributed by atoms with Crippen LogP contribution in [0.25, 0.3) is 0 Å². The van der Waals surface area contributed by atoms with E-state index in [0.717, 1.165) is 18.2 Å². The summed E-state index contributed by atoms with van der Waals surface area (Å²) in [5.41, 5.74) is 1.54. The van der Waals surface area contributed by atoms with Crippen LogP contribution in [0.2, 0.25) is 5.02 Å². The molecule has 6 nitrogen and oxygen atoms in total. The second-order valence-electron chi connectivity index (χ2n) is 6.57. The third-order valence-electron chi connectivity index (χ3n) is 4.49. The number of carbonyl (C=O) groups is 1. The molecule has 0 bridgehead atoms. The van der Waals surface area contributed by atoms with Crippen LogP contribution in [0.1, 0.15) is 23.0 Å². The lowest BCUT2D eigenvalue weighted by Crippen LogP contribution is -2.61. The molecule has 0 saturated carbocycles. The molecule has 1 aliphatic heterocycles. The number of nitrogens with one attached hydrogen (secondary N) is 1. The number of anilines is 1. The van der Waals surface area contributed by atoms with Crippen molar-refractivity contribution < 1.29 is 31.5 Å². The summed E-state index contributed by atoms with van der Waals surface area (Å²) in [4.78, 5) is 19.6. The zero-order valence-electron chi connectivity index (χ0n) is 15.2. The lowest BCUT2D eigenvalue weighted by Gasteiger charge is -2.43. The smallest absolute Gasteiger partial charge is 0.385 e. The SMILES string of the molecule is C[C@]1(c2cc(NC(=O)c3ccc(Cl)cn3)ccc2F)N=C(N)CO[C@@]1(F)C(F)(F)F. The number of aromatic nitrogens is 1. The van der Waals surface area contributed by atoms with Crippen molar-refractivity contribution in [2.45, 2.75) is 24.5 Å². The van der Waals surface area contributed by atoms with Gasteiger partial charge in [-0.3, -0.25) is 9.79 Å². The molecular formula is C18H14ClF5N4O2. The number of amides is 1. The topological polar surface area (TPSA) is 89.6 Å². The highest BCUT2D eigenvalue weighted by Crippen LogP contribution is 2.52. The van der Waals surface area contributed by atoms with Gasteiger partial charge in [0, 0.05) is 17.4 Å². The molecule has 1 aliphatic rings. The number of hydrogen-bond acceptors (Lipinski definition) is 5. The summed E-state index contributed by atoms with van der Waals surface area (Å²) in [6, 6.07) is 5.38. The first-order valence-corrected chi connectivity index (χ1v) is 8.72. The van der Waals surface area contributed by atoms with Gasteiger partial charge in [0.1, 0.15) is 24.0 Å². The normalized spacial score (nSPS) is 24.3. The van der Waals surface area contributed by atoms with Gasteiger partial charge in [0.25, 0.3) is 5.91 Å². The number of alkyl halides is 4. The van der Waals surface area contributed by atoms with E-state index in [2.05, 4.69) is 20.0 Å². The molecule has 2 heterocycles. The predicted molar refractivity (Wildman–Crippen MR) is 98.4 cm³/mol. The van der Waals surface area contributed by atoms with Crippen LogP contribution >= 0.6 is 11.6 Å². The zero-order valence-corrected chi connectivity index (χ0v) is 16.0. The number of carbonyl (C=O) groups excluding carboxylic acids is 1. The highest BCUT2D eigenvalue weighted by atomic mass is 35.5. The minimum absolute atomic E-state index is 0.0603. The largest absolute Gasteiger partial charge is 0.451 e. The van der Waals surface area contributed by atoms with Crippen molar-refractivity contribution >= 4 is 29.0 Å². The van der Waals surface area contributed by atoms with Crippen molar-refractivity contribution in [2.24, 2.45) is 10.7 Å². The molecule has 0 spiro atoms. The Labute approximate surface area is 171 Å². The number of amidine groups is 1. The van der Waals surface area contributed by atoms with Crippen LogP contribution in [0.15, 0.2) is 41.5 Å². The summed E-state index contributed by atoms with van der Waals surface area (Å²) in [5, 5.41) is 2.62. The maximum absolute atomic E-state index is 15.1. The monoisotopic (exact) mass is 448 g/mol. The van der Waals surface area contributed by atoms with Gasteiger partial charge < -0.3 is 15.8 Å². The first-order chi connectivity index (χ1) is 13.9. The van der Waals surface area contributed by atoms with Gasteiger partial charge in [-0.1, -0.05) is 11.6 Å². The Morgan fingerprint density at radius 3 is 2.60 bits per heavy atom. The van der Waals surface area contributed by atoms with Gasteiger partial charge in [-0.2, -0.15) is 17.6 Å². The number of aliphatic imine (C=N–C) groups is 1. The molecule has 3 N–H and O–H groups in total. The van der Waals surface area contributed by atoms with E-state index in [9.17, 15) is 22.4 Å². The van der Waals surface area contributed by atoms with Crippen LogP contribution in [-0.4, -0.2) is 35.4 Å². The number of pyridine rings is 1. The summed E-state index contributed by atoms with van der Waals surface area (Å²) in [7, 11) is 0. The van der Waals surface area contributed by atoms with E-state index in [1.54, 1.807) is 0 Å². The third-order valence-corrected chi connectivity index (χ3v) is 4.71. The first-order valence-electron chi connectivity index (χ1n) is 8.34. The van der Waals surface area contributed by atoms with Crippen molar-refractivity contribution in [3.63, 3.8) is 0 Å². The minimum atomic E-state index is -5.55. The molecular weight excluding hydrogens is 435 g/mol. The summed E-state index contributed by atoms with van der Waals surface area (Å²) < 4.78 is 74.5. The van der Waals surface area contributed by atoms with E-state index in [1.807, 2.05) is 0 Å². The van der Waals surface area contributed by atoms with Crippen molar-refractivity contribution in [1.29, 1.82) is 0 Å². The van der Waals surface area contributed by atoms with Crippen LogP contribution in [0.5, 0.6) is 0 Å². The molecule has 2 atom stereocenters. The van der Waals surface area contributed by atoms with E-state index in [0.29, 0.717) is 6.92 Å². The van der Waals surface area contributed by atoms with E-state index in [4.69, 9.17) is 17.3 Å². The van der Waals surface area contributed by atoms with Crippen LogP contribution in [0.4, 0.5) is 27.6 Å². The molecule has 0 aliphatic carbocycles. The molecule has 30 heavy (non-hydrogen) atoms. The maximum Gasteiger partial charge on any atom is 0.451 e. The van der Waals surface area contributed by atoms with Crippen molar-refractivity contribution in [1.82, 2.24) is 4.98 Å². The molecule has 1 aromatic heterocycles. The van der Waals surface area contributed by atoms with Gasteiger partial charge in [0.15, 0.2) is 5.54 Å². The average Bonchev–Trinajstić information content (AvgIpc) is 2.66. The quantitative estimate of drug-likeness (QED) is 0.696. The van der Waals surface area contributed by atoms with Gasteiger partial charge in [-0.25, -0.2) is 9.37 Å². The Hall–Kier alpha value is -2.79. The number of benzene rings is 1. The van der Waals surface area contributed by atoms with Gasteiger partial charge in [-0.15, -0.1) is 0 Å². The van der Waals surface area contributed by atoms with Crippen molar-refractivity contribution in [3.05, 3.63) is 58.6 Å². The molecule has 12 heteroatoms. The van der Waals surface area contributed by atoms with Crippen LogP contribution in [0.3, 0.4) is 0 Å². The lowest BCUT2D eigenvalue weighted by atomic mass is 9.82. The van der Waals surface area contributed by atoms with Crippen LogP contribution in [-0.2, 0) is 10.3 Å². The van der Waals surface area contributed by atoms with Gasteiger partial charge in [0.05, 0.1) is 5.02 Å². The third kappa shape index (κ3) is 3.70. The Balaban J connectivity index is 2.04. The highest BCUT2D eigenvalue weighted by molar-refractivity contribution is 6.30. The van der Waals surface area contributed by atoms with E-state index < -0.39 is 47.3 Å². The summed E-state index contributed by atoms with van der Waals surface area (Å²) in [5.74, 6) is -6.76. The summed E-state index contributed by atoms with van der Waals surface area (Å²) >= 11 is 5.69. The number of ether oxygens (including phenoxy) is 1. The van der Waals surface area contributed by atoms with Gasteiger partial charge in [-0.05, 0) is 37.3 Å². The fraction of sp³-hybridized carbons (Fsp3) is 0.278. The first kappa shape index (κ1) is 21.9. The number of nitrogens with zero attached hydrogens (tertiary/aromatic N) is 2. The molecule has 1 amide bonds. The number of halogens is 6. The van der Waals surface area contributed by atoms with Crippen molar-refractivity contribution in [3.8, 4) is 0 Å². The second-order valence-corrected chi connectivity index (χ2v) is 7.00. The number of rotatable bonds is 3. The molecule has 0 unspecified atom stereocenters. The molecule has 1 aromatic carbocycles. The van der Waals surface area contributed by atoms with Crippen LogP contribution in [0, 0.1) is 5.82 Å². The Kier molecular flexibility index (Phi) is 5.46. The van der Waals surface area contributed by atoms with E-state index in [-0.39, 0.29) is 16.4 Å². The molecule has 0 fully saturated rings. The second kappa shape index (κ2) is 7.47. The summed E-state index contributed by atoms with van der Waals surface area (Å²) in [6.45, 7) is -0.219. The van der Waals surface area contributed by atoms with Gasteiger partial charge in [0.2, 0.25) is 0 Å². The standard InChI is InChI=1S/C18H14ClF5N4O2/c1-16(17(21,18(22,23)24)30-8-14(25)28-16)11-6-10(3-4-12(11)20)27-15(29)13-5-2-9(19)7-26-13/h2-7H,8H2,1H3,(H2,25,28)(H,27,29)/t16-,17-/m1/s1. The van der Waals surface area contributed by atoms with E-state index in [1.165, 1.54) is 18.3 Å². The fourth-order valence-electron chi connectivity index (χ4n) is 2.98. The molecule has 0 radical (unpaired) electrons. The molecule has 2 aromatic rings. The lowest BCUT2D eigenvalue weighted by molar-refractivity contribution is -0.357. The Bertz CT molecular complexity index is 1010.